The lowest BCUT2D eigenvalue weighted by Crippen LogP contribution is -2.07. The molecule has 2 aromatic rings. The van der Waals surface area contributed by atoms with Crippen molar-refractivity contribution in [3.05, 3.63) is 32.7 Å². The van der Waals surface area contributed by atoms with Crippen molar-refractivity contribution in [1.29, 1.82) is 0 Å². The first kappa shape index (κ1) is 13.3. The normalized spacial score (nSPS) is 10.4. The molecule has 2 N–H and O–H groups in total. The van der Waals surface area contributed by atoms with Gasteiger partial charge in [-0.15, -0.1) is 11.3 Å². The molecule has 0 radical (unpaired) electrons. The van der Waals surface area contributed by atoms with Crippen molar-refractivity contribution in [3.8, 4) is 0 Å². The second-order valence-electron chi connectivity index (χ2n) is 3.77. The van der Waals surface area contributed by atoms with E-state index in [2.05, 4.69) is 54.9 Å². The van der Waals surface area contributed by atoms with Crippen LogP contribution in [0.1, 0.15) is 17.4 Å². The van der Waals surface area contributed by atoms with Crippen LogP contribution in [0.4, 0.5) is 11.6 Å². The molecule has 0 spiro atoms. The van der Waals surface area contributed by atoms with Crippen LogP contribution in [-0.4, -0.2) is 16.5 Å². The molecule has 2 aromatic heterocycles. The molecule has 0 saturated heterocycles. The molecule has 0 amide bonds. The molecule has 2 rings (SSSR count). The van der Waals surface area contributed by atoms with Crippen LogP contribution in [0, 0.1) is 6.92 Å². The van der Waals surface area contributed by atoms with Gasteiger partial charge in [-0.25, -0.2) is 9.97 Å². The molecular formula is C12H15BrN4S. The minimum atomic E-state index is 0.766. The Morgan fingerprint density at radius 3 is 2.61 bits per heavy atom. The standard InChI is InChI=1S/C12H15BrN4S/c1-3-14-11-8(2)12(17-7-16-11)15-6-10-9(13)4-5-18-10/h4-5,7H,3,6H2,1-2H3,(H2,14,15,16,17). The summed E-state index contributed by atoms with van der Waals surface area (Å²) in [5, 5.41) is 8.63. The van der Waals surface area contributed by atoms with Gasteiger partial charge in [0.05, 0.1) is 6.54 Å². The third-order valence-electron chi connectivity index (χ3n) is 2.54. The summed E-state index contributed by atoms with van der Waals surface area (Å²) >= 11 is 5.24. The van der Waals surface area contributed by atoms with E-state index in [-0.39, 0.29) is 0 Å². The van der Waals surface area contributed by atoms with Crippen LogP contribution < -0.4 is 10.6 Å². The largest absolute Gasteiger partial charge is 0.370 e. The predicted molar refractivity (Wildman–Crippen MR) is 80.3 cm³/mol. The summed E-state index contributed by atoms with van der Waals surface area (Å²) in [4.78, 5) is 9.76. The quantitative estimate of drug-likeness (QED) is 0.880. The van der Waals surface area contributed by atoms with Crippen molar-refractivity contribution in [1.82, 2.24) is 9.97 Å². The molecule has 6 heteroatoms. The van der Waals surface area contributed by atoms with Gasteiger partial charge in [-0.05, 0) is 41.2 Å². The monoisotopic (exact) mass is 326 g/mol. The number of nitrogens with one attached hydrogen (secondary N) is 2. The maximum atomic E-state index is 4.28. The summed E-state index contributed by atoms with van der Waals surface area (Å²) in [6.07, 6.45) is 1.58. The second kappa shape index (κ2) is 6.15. The van der Waals surface area contributed by atoms with Gasteiger partial charge in [0.2, 0.25) is 0 Å². The Bertz CT molecular complexity index is 527. The van der Waals surface area contributed by atoms with Gasteiger partial charge in [-0.3, -0.25) is 0 Å². The summed E-state index contributed by atoms with van der Waals surface area (Å²) in [5.74, 6) is 1.77. The van der Waals surface area contributed by atoms with Gasteiger partial charge in [0, 0.05) is 21.5 Å². The second-order valence-corrected chi connectivity index (χ2v) is 5.63. The molecule has 0 aliphatic heterocycles. The van der Waals surface area contributed by atoms with Gasteiger partial charge in [0.15, 0.2) is 0 Å². The van der Waals surface area contributed by atoms with Gasteiger partial charge in [-0.2, -0.15) is 0 Å². The van der Waals surface area contributed by atoms with Gasteiger partial charge in [0.1, 0.15) is 18.0 Å². The fourth-order valence-corrected chi connectivity index (χ4v) is 3.02. The van der Waals surface area contributed by atoms with E-state index in [1.807, 2.05) is 6.92 Å². The predicted octanol–water partition coefficient (Wildman–Crippen LogP) is 3.65. The SMILES string of the molecule is CCNc1ncnc(NCc2sccc2Br)c1C. The summed E-state index contributed by atoms with van der Waals surface area (Å²) in [5.41, 5.74) is 1.05. The number of thiophene rings is 1. The molecular weight excluding hydrogens is 312 g/mol. The van der Waals surface area contributed by atoms with Gasteiger partial charge in [0.25, 0.3) is 0 Å². The number of aromatic nitrogens is 2. The summed E-state index contributed by atoms with van der Waals surface area (Å²) in [7, 11) is 0. The third kappa shape index (κ3) is 3.00. The van der Waals surface area contributed by atoms with Crippen molar-refractivity contribution in [2.24, 2.45) is 0 Å². The summed E-state index contributed by atoms with van der Waals surface area (Å²) in [6.45, 7) is 5.69. The van der Waals surface area contributed by atoms with E-state index in [9.17, 15) is 0 Å². The van der Waals surface area contributed by atoms with Gasteiger partial charge >= 0.3 is 0 Å². The Labute approximate surface area is 119 Å². The first-order valence-electron chi connectivity index (χ1n) is 5.73. The molecule has 96 valence electrons. The summed E-state index contributed by atoms with van der Waals surface area (Å²) in [6, 6.07) is 2.05. The molecule has 0 fully saturated rings. The van der Waals surface area contributed by atoms with Crippen molar-refractivity contribution in [2.75, 3.05) is 17.2 Å². The number of hydrogen-bond acceptors (Lipinski definition) is 5. The number of anilines is 2. The van der Waals surface area contributed by atoms with E-state index in [1.54, 1.807) is 17.7 Å². The highest BCUT2D eigenvalue weighted by atomic mass is 79.9. The zero-order valence-corrected chi connectivity index (χ0v) is 12.7. The van der Waals surface area contributed by atoms with E-state index in [1.165, 1.54) is 4.88 Å². The van der Waals surface area contributed by atoms with Gasteiger partial charge in [-0.1, -0.05) is 0 Å². The molecule has 4 nitrogen and oxygen atoms in total. The van der Waals surface area contributed by atoms with E-state index < -0.39 is 0 Å². The van der Waals surface area contributed by atoms with Crippen LogP contribution in [-0.2, 0) is 6.54 Å². The zero-order valence-electron chi connectivity index (χ0n) is 10.3. The van der Waals surface area contributed by atoms with Crippen LogP contribution in [0.2, 0.25) is 0 Å². The topological polar surface area (TPSA) is 49.8 Å². The third-order valence-corrected chi connectivity index (χ3v) is 4.46. The number of halogens is 1. The Balaban J connectivity index is 2.10. The van der Waals surface area contributed by atoms with Crippen LogP contribution >= 0.6 is 27.3 Å². The average molecular weight is 327 g/mol. The fourth-order valence-electron chi connectivity index (χ4n) is 1.59. The van der Waals surface area contributed by atoms with E-state index in [0.29, 0.717) is 0 Å². The maximum absolute atomic E-state index is 4.28. The molecule has 0 aromatic carbocycles. The molecule has 0 atom stereocenters. The number of nitrogens with zero attached hydrogens (tertiary/aromatic N) is 2. The molecule has 18 heavy (non-hydrogen) atoms. The highest BCUT2D eigenvalue weighted by molar-refractivity contribution is 9.10. The Hall–Kier alpha value is -1.14. The first-order chi connectivity index (χ1) is 8.72. The highest BCUT2D eigenvalue weighted by Gasteiger charge is 2.07. The number of rotatable bonds is 5. The van der Waals surface area contributed by atoms with Crippen LogP contribution in [0.5, 0.6) is 0 Å². The lowest BCUT2D eigenvalue weighted by atomic mass is 10.3. The minimum absolute atomic E-state index is 0.766. The Kier molecular flexibility index (Phi) is 4.54. The van der Waals surface area contributed by atoms with Crippen LogP contribution in [0.25, 0.3) is 0 Å². The Morgan fingerprint density at radius 1 is 1.28 bits per heavy atom. The first-order valence-corrected chi connectivity index (χ1v) is 7.40. The van der Waals surface area contributed by atoms with E-state index in [4.69, 9.17) is 0 Å². The van der Waals surface area contributed by atoms with Crippen molar-refractivity contribution >= 4 is 38.9 Å². The number of hydrogen-bond donors (Lipinski definition) is 2. The molecule has 0 saturated carbocycles. The lowest BCUT2D eigenvalue weighted by molar-refractivity contribution is 1.05. The van der Waals surface area contributed by atoms with Crippen LogP contribution in [0.3, 0.4) is 0 Å². The molecule has 0 unspecified atom stereocenters. The highest BCUT2D eigenvalue weighted by Crippen LogP contribution is 2.24. The van der Waals surface area contributed by atoms with E-state index >= 15 is 0 Å². The Morgan fingerprint density at radius 2 is 2.00 bits per heavy atom. The summed E-state index contributed by atoms with van der Waals surface area (Å²) < 4.78 is 1.14. The van der Waals surface area contributed by atoms with Crippen molar-refractivity contribution < 1.29 is 0 Å². The van der Waals surface area contributed by atoms with Gasteiger partial charge < -0.3 is 10.6 Å². The fraction of sp³-hybridized carbons (Fsp3) is 0.333. The molecule has 2 heterocycles. The molecule has 0 aliphatic carbocycles. The zero-order chi connectivity index (χ0) is 13.0. The van der Waals surface area contributed by atoms with E-state index in [0.717, 1.165) is 34.8 Å². The maximum Gasteiger partial charge on any atom is 0.134 e. The van der Waals surface area contributed by atoms with Crippen molar-refractivity contribution in [2.45, 2.75) is 20.4 Å². The molecule has 0 bridgehead atoms. The minimum Gasteiger partial charge on any atom is -0.370 e. The molecule has 0 aliphatic rings. The average Bonchev–Trinajstić information content (AvgIpc) is 2.76. The van der Waals surface area contributed by atoms with Crippen LogP contribution in [0.15, 0.2) is 22.2 Å². The van der Waals surface area contributed by atoms with Crippen molar-refractivity contribution in [3.63, 3.8) is 0 Å². The smallest absolute Gasteiger partial charge is 0.134 e. The lowest BCUT2D eigenvalue weighted by Gasteiger charge is -2.11.